The molecule has 2 aromatic heterocycles. The van der Waals surface area contributed by atoms with Gasteiger partial charge in [0.15, 0.2) is 11.0 Å². The Labute approximate surface area is 182 Å². The molecule has 9 heteroatoms. The van der Waals surface area contributed by atoms with E-state index in [1.54, 1.807) is 48.3 Å². The Bertz CT molecular complexity index is 1180. The number of nitrogens with zero attached hydrogens (tertiary/aromatic N) is 4. The lowest BCUT2D eigenvalue weighted by molar-refractivity contribution is -0.113. The monoisotopic (exact) mass is 435 g/mol. The van der Waals surface area contributed by atoms with Gasteiger partial charge in [0, 0.05) is 23.6 Å². The maximum atomic E-state index is 13.5. The van der Waals surface area contributed by atoms with Crippen LogP contribution in [-0.2, 0) is 4.79 Å². The summed E-state index contributed by atoms with van der Waals surface area (Å²) in [6, 6.07) is 16.8. The van der Waals surface area contributed by atoms with Crippen molar-refractivity contribution in [1.82, 2.24) is 19.7 Å². The molecule has 0 radical (unpaired) electrons. The molecule has 2 aromatic carbocycles. The fraction of sp³-hybridized carbons (Fsp3) is 0.0909. The van der Waals surface area contributed by atoms with Crippen molar-refractivity contribution < 1.29 is 13.9 Å². The van der Waals surface area contributed by atoms with Crippen LogP contribution in [0.4, 0.5) is 10.1 Å². The first kappa shape index (κ1) is 20.5. The molecular formula is C22H18FN5O2S. The van der Waals surface area contributed by atoms with E-state index in [1.807, 2.05) is 24.3 Å². The zero-order valence-corrected chi connectivity index (χ0v) is 17.3. The van der Waals surface area contributed by atoms with E-state index in [0.29, 0.717) is 28.1 Å². The van der Waals surface area contributed by atoms with Crippen LogP contribution in [0.5, 0.6) is 5.75 Å². The summed E-state index contributed by atoms with van der Waals surface area (Å²) in [5.74, 6) is 0.700. The third kappa shape index (κ3) is 4.72. The van der Waals surface area contributed by atoms with Gasteiger partial charge in [-0.1, -0.05) is 23.9 Å². The molecule has 4 rings (SSSR count). The number of methoxy groups -OCH3 is 1. The van der Waals surface area contributed by atoms with E-state index in [4.69, 9.17) is 4.74 Å². The highest BCUT2D eigenvalue weighted by Crippen LogP contribution is 2.28. The first-order valence-corrected chi connectivity index (χ1v) is 10.3. The highest BCUT2D eigenvalue weighted by molar-refractivity contribution is 7.99. The number of nitrogens with one attached hydrogen (secondary N) is 1. The Morgan fingerprint density at radius 1 is 1.06 bits per heavy atom. The minimum absolute atomic E-state index is 0.105. The third-order valence-corrected chi connectivity index (χ3v) is 5.30. The number of para-hydroxylation sites is 2. The van der Waals surface area contributed by atoms with Gasteiger partial charge in [-0.05, 0) is 48.5 Å². The van der Waals surface area contributed by atoms with E-state index in [0.717, 1.165) is 5.56 Å². The van der Waals surface area contributed by atoms with E-state index >= 15 is 0 Å². The zero-order chi connectivity index (χ0) is 21.6. The maximum Gasteiger partial charge on any atom is 0.234 e. The number of aromatic nitrogens is 4. The number of hydrogen-bond donors (Lipinski definition) is 1. The maximum absolute atomic E-state index is 13.5. The number of carbonyl (C=O) groups is 1. The van der Waals surface area contributed by atoms with E-state index < -0.39 is 0 Å². The third-order valence-electron chi connectivity index (χ3n) is 4.37. The molecule has 0 saturated heterocycles. The summed E-state index contributed by atoms with van der Waals surface area (Å²) in [6.07, 6.45) is 3.32. The van der Waals surface area contributed by atoms with Gasteiger partial charge in [-0.25, -0.2) is 4.39 Å². The number of carbonyl (C=O) groups excluding carboxylic acids is 1. The topological polar surface area (TPSA) is 81.9 Å². The van der Waals surface area contributed by atoms with Gasteiger partial charge in [0.05, 0.1) is 18.6 Å². The van der Waals surface area contributed by atoms with Crippen LogP contribution in [0, 0.1) is 5.82 Å². The van der Waals surface area contributed by atoms with Crippen molar-refractivity contribution in [2.45, 2.75) is 5.16 Å². The molecule has 0 aliphatic rings. The number of hydrogen-bond acceptors (Lipinski definition) is 6. The summed E-state index contributed by atoms with van der Waals surface area (Å²) in [4.78, 5) is 16.6. The molecule has 0 saturated carbocycles. The summed E-state index contributed by atoms with van der Waals surface area (Å²) < 4.78 is 20.5. The molecule has 0 unspecified atom stereocenters. The molecule has 0 atom stereocenters. The van der Waals surface area contributed by atoms with E-state index in [-0.39, 0.29) is 17.5 Å². The van der Waals surface area contributed by atoms with Crippen LogP contribution in [0.1, 0.15) is 0 Å². The molecule has 4 aromatic rings. The first-order valence-electron chi connectivity index (χ1n) is 9.33. The minimum atomic E-state index is -0.340. The number of ether oxygens (including phenoxy) is 1. The minimum Gasteiger partial charge on any atom is -0.495 e. The first-order chi connectivity index (χ1) is 15.2. The number of amides is 1. The SMILES string of the molecule is COc1ccccc1NC(=O)CSc1nnc(-c2ccncc2)n1-c1ccc(F)cc1. The zero-order valence-electron chi connectivity index (χ0n) is 16.5. The Morgan fingerprint density at radius 2 is 1.81 bits per heavy atom. The van der Waals surface area contributed by atoms with Crippen LogP contribution >= 0.6 is 11.8 Å². The predicted octanol–water partition coefficient (Wildman–Crippen LogP) is 4.21. The standard InChI is InChI=1S/C22H18FN5O2S/c1-30-19-5-3-2-4-18(19)25-20(29)14-31-22-27-26-21(15-10-12-24-13-11-15)28(22)17-8-6-16(23)7-9-17/h2-13H,14H2,1H3,(H,25,29). The van der Waals surface area contributed by atoms with Crippen molar-refractivity contribution in [2.24, 2.45) is 0 Å². The van der Waals surface area contributed by atoms with Gasteiger partial charge in [0.1, 0.15) is 11.6 Å². The Hall–Kier alpha value is -3.72. The highest BCUT2D eigenvalue weighted by atomic mass is 32.2. The molecule has 0 spiro atoms. The fourth-order valence-electron chi connectivity index (χ4n) is 2.94. The number of halogens is 1. The average Bonchev–Trinajstić information content (AvgIpc) is 3.23. The molecule has 2 heterocycles. The number of pyridine rings is 1. The van der Waals surface area contributed by atoms with Gasteiger partial charge in [-0.15, -0.1) is 10.2 Å². The fourth-order valence-corrected chi connectivity index (χ4v) is 3.69. The normalized spacial score (nSPS) is 10.6. The Morgan fingerprint density at radius 3 is 2.55 bits per heavy atom. The van der Waals surface area contributed by atoms with Crippen molar-refractivity contribution in [1.29, 1.82) is 0 Å². The Kier molecular flexibility index (Phi) is 6.23. The van der Waals surface area contributed by atoms with Crippen LogP contribution in [0.2, 0.25) is 0 Å². The second-order valence-electron chi connectivity index (χ2n) is 6.39. The van der Waals surface area contributed by atoms with Crippen molar-refractivity contribution >= 4 is 23.4 Å². The van der Waals surface area contributed by atoms with Crippen LogP contribution in [-0.4, -0.2) is 38.5 Å². The van der Waals surface area contributed by atoms with Crippen molar-refractivity contribution in [3.63, 3.8) is 0 Å². The number of thioether (sulfide) groups is 1. The van der Waals surface area contributed by atoms with Gasteiger partial charge in [0.25, 0.3) is 0 Å². The molecule has 0 aliphatic heterocycles. The van der Waals surface area contributed by atoms with Crippen molar-refractivity contribution in [3.05, 3.63) is 78.9 Å². The van der Waals surface area contributed by atoms with Gasteiger partial charge in [-0.2, -0.15) is 0 Å². The summed E-state index contributed by atoms with van der Waals surface area (Å²) in [6.45, 7) is 0. The van der Waals surface area contributed by atoms with Crippen molar-refractivity contribution in [3.8, 4) is 22.8 Å². The summed E-state index contributed by atoms with van der Waals surface area (Å²) in [5.41, 5.74) is 2.08. The lowest BCUT2D eigenvalue weighted by Gasteiger charge is -2.11. The van der Waals surface area contributed by atoms with Crippen LogP contribution in [0.25, 0.3) is 17.1 Å². The lowest BCUT2D eigenvalue weighted by Crippen LogP contribution is -2.15. The summed E-state index contributed by atoms with van der Waals surface area (Å²) in [5, 5.41) is 11.9. The molecule has 1 amide bonds. The van der Waals surface area contributed by atoms with Gasteiger partial charge in [-0.3, -0.25) is 14.3 Å². The molecule has 0 bridgehead atoms. The van der Waals surface area contributed by atoms with Crippen LogP contribution in [0.3, 0.4) is 0 Å². The average molecular weight is 435 g/mol. The highest BCUT2D eigenvalue weighted by Gasteiger charge is 2.18. The van der Waals surface area contributed by atoms with E-state index in [2.05, 4.69) is 20.5 Å². The Balaban J connectivity index is 1.59. The second kappa shape index (κ2) is 9.40. The molecule has 0 fully saturated rings. The quantitative estimate of drug-likeness (QED) is 0.438. The number of rotatable bonds is 7. The molecule has 31 heavy (non-hydrogen) atoms. The molecule has 1 N–H and O–H groups in total. The molecule has 7 nitrogen and oxygen atoms in total. The number of anilines is 1. The molecule has 0 aliphatic carbocycles. The lowest BCUT2D eigenvalue weighted by atomic mass is 10.2. The summed E-state index contributed by atoms with van der Waals surface area (Å²) >= 11 is 1.23. The van der Waals surface area contributed by atoms with Crippen LogP contribution in [0.15, 0.2) is 78.2 Å². The van der Waals surface area contributed by atoms with Crippen molar-refractivity contribution in [2.75, 3.05) is 18.2 Å². The van der Waals surface area contributed by atoms with E-state index in [1.165, 1.54) is 23.9 Å². The number of benzene rings is 2. The van der Waals surface area contributed by atoms with Crippen LogP contribution < -0.4 is 10.1 Å². The predicted molar refractivity (Wildman–Crippen MR) is 117 cm³/mol. The molecular weight excluding hydrogens is 417 g/mol. The summed E-state index contributed by atoms with van der Waals surface area (Å²) in [7, 11) is 1.55. The largest absolute Gasteiger partial charge is 0.495 e. The van der Waals surface area contributed by atoms with Gasteiger partial charge >= 0.3 is 0 Å². The smallest absolute Gasteiger partial charge is 0.234 e. The molecule has 156 valence electrons. The van der Waals surface area contributed by atoms with Gasteiger partial charge in [0.2, 0.25) is 5.91 Å². The van der Waals surface area contributed by atoms with Gasteiger partial charge < -0.3 is 10.1 Å². The second-order valence-corrected chi connectivity index (χ2v) is 7.33. The van der Waals surface area contributed by atoms with E-state index in [9.17, 15) is 9.18 Å².